The molecule has 0 bridgehead atoms. The first-order chi connectivity index (χ1) is 10.3. The largest absolute Gasteiger partial charge is 0.371 e. The summed E-state index contributed by atoms with van der Waals surface area (Å²) in [7, 11) is 0. The average molecular weight is 304 g/mol. The molecule has 0 aromatic heterocycles. The fraction of sp³-hybridized carbons (Fsp3) is 0.611. The standard InChI is InChI=1S/C18H24O4/c1-9-12(4)22-13(5)10(2)17(9)14-6-15(8-19)18(11(3)20)16(21)7-14/h8-9,12-14H,6-7H2,1-5H3. The molecule has 4 atom stereocenters. The maximum atomic E-state index is 12.3. The van der Waals surface area contributed by atoms with Crippen LogP contribution in [0.2, 0.25) is 0 Å². The van der Waals surface area contributed by atoms with E-state index < -0.39 is 0 Å². The molecular weight excluding hydrogens is 280 g/mol. The van der Waals surface area contributed by atoms with Crippen LogP contribution < -0.4 is 0 Å². The summed E-state index contributed by atoms with van der Waals surface area (Å²) in [5.41, 5.74) is 2.83. The number of hydrogen-bond acceptors (Lipinski definition) is 4. The maximum Gasteiger partial charge on any atom is 0.167 e. The van der Waals surface area contributed by atoms with Gasteiger partial charge in [-0.15, -0.1) is 0 Å². The number of ether oxygens (including phenoxy) is 1. The zero-order valence-electron chi connectivity index (χ0n) is 13.9. The molecule has 0 aromatic carbocycles. The number of carbonyl (C=O) groups excluding carboxylic acids is 3. The summed E-state index contributed by atoms with van der Waals surface area (Å²) in [6.07, 6.45) is 1.56. The van der Waals surface area contributed by atoms with Gasteiger partial charge >= 0.3 is 0 Å². The van der Waals surface area contributed by atoms with Crippen LogP contribution in [0.15, 0.2) is 22.3 Å². The molecule has 0 saturated heterocycles. The van der Waals surface area contributed by atoms with E-state index in [0.29, 0.717) is 24.7 Å². The van der Waals surface area contributed by atoms with E-state index >= 15 is 0 Å². The number of allylic oxidation sites excluding steroid dienone is 2. The van der Waals surface area contributed by atoms with E-state index in [4.69, 9.17) is 4.74 Å². The number of carbonyl (C=O) groups is 3. The molecule has 22 heavy (non-hydrogen) atoms. The molecule has 0 saturated carbocycles. The van der Waals surface area contributed by atoms with Crippen LogP contribution in [0.25, 0.3) is 0 Å². The Morgan fingerprint density at radius 1 is 1.23 bits per heavy atom. The highest BCUT2D eigenvalue weighted by molar-refractivity contribution is 6.22. The third kappa shape index (κ3) is 2.84. The fourth-order valence-corrected chi connectivity index (χ4v) is 3.78. The lowest BCUT2D eigenvalue weighted by atomic mass is 9.71. The predicted molar refractivity (Wildman–Crippen MR) is 83.4 cm³/mol. The van der Waals surface area contributed by atoms with Gasteiger partial charge in [-0.25, -0.2) is 0 Å². The first kappa shape index (κ1) is 16.8. The van der Waals surface area contributed by atoms with Crippen LogP contribution in [0.5, 0.6) is 0 Å². The van der Waals surface area contributed by atoms with Crippen LogP contribution >= 0.6 is 0 Å². The Kier molecular flexibility index (Phi) is 4.81. The smallest absolute Gasteiger partial charge is 0.167 e. The summed E-state index contributed by atoms with van der Waals surface area (Å²) in [5.74, 6) is -0.302. The maximum absolute atomic E-state index is 12.3. The molecule has 2 aliphatic rings. The van der Waals surface area contributed by atoms with E-state index in [2.05, 4.69) is 6.92 Å². The Morgan fingerprint density at radius 3 is 2.41 bits per heavy atom. The molecule has 0 spiro atoms. The molecule has 2 rings (SSSR count). The molecule has 120 valence electrons. The van der Waals surface area contributed by atoms with Gasteiger partial charge in [0.05, 0.1) is 17.8 Å². The first-order valence-electron chi connectivity index (χ1n) is 7.86. The summed E-state index contributed by atoms with van der Waals surface area (Å²) in [5, 5.41) is 0. The second kappa shape index (κ2) is 6.29. The van der Waals surface area contributed by atoms with Crippen molar-refractivity contribution >= 4 is 17.9 Å². The monoisotopic (exact) mass is 304 g/mol. The summed E-state index contributed by atoms with van der Waals surface area (Å²) in [4.78, 5) is 35.3. The Balaban J connectivity index is 2.43. The van der Waals surface area contributed by atoms with Gasteiger partial charge in [0.25, 0.3) is 0 Å². The van der Waals surface area contributed by atoms with Crippen molar-refractivity contribution in [3.8, 4) is 0 Å². The minimum Gasteiger partial charge on any atom is -0.371 e. The third-order valence-electron chi connectivity index (χ3n) is 5.11. The van der Waals surface area contributed by atoms with Crippen LogP contribution in [-0.2, 0) is 19.1 Å². The summed E-state index contributed by atoms with van der Waals surface area (Å²) in [6, 6.07) is 0. The predicted octanol–water partition coefficient (Wildman–Crippen LogP) is 2.81. The van der Waals surface area contributed by atoms with E-state index in [0.717, 1.165) is 5.57 Å². The van der Waals surface area contributed by atoms with Crippen molar-refractivity contribution in [2.24, 2.45) is 11.8 Å². The van der Waals surface area contributed by atoms with Gasteiger partial charge in [-0.2, -0.15) is 0 Å². The summed E-state index contributed by atoms with van der Waals surface area (Å²) >= 11 is 0. The Bertz CT molecular complexity index is 582. The van der Waals surface area contributed by atoms with Crippen LogP contribution in [0.3, 0.4) is 0 Å². The molecule has 0 aromatic rings. The van der Waals surface area contributed by atoms with E-state index in [1.54, 1.807) is 0 Å². The lowest BCUT2D eigenvalue weighted by molar-refractivity contribution is -0.122. The molecule has 1 aliphatic carbocycles. The van der Waals surface area contributed by atoms with Crippen molar-refractivity contribution in [3.05, 3.63) is 22.3 Å². The third-order valence-corrected chi connectivity index (χ3v) is 5.11. The molecule has 1 aliphatic heterocycles. The number of ketones is 2. The topological polar surface area (TPSA) is 60.4 Å². The molecule has 4 heteroatoms. The molecule has 0 amide bonds. The van der Waals surface area contributed by atoms with Crippen molar-refractivity contribution in [1.82, 2.24) is 0 Å². The zero-order chi connectivity index (χ0) is 16.6. The van der Waals surface area contributed by atoms with E-state index in [9.17, 15) is 14.4 Å². The number of Topliss-reactive ketones (excluding diaryl/α,β-unsaturated/α-hetero) is 2. The fourth-order valence-electron chi connectivity index (χ4n) is 3.78. The number of rotatable bonds is 3. The van der Waals surface area contributed by atoms with Crippen molar-refractivity contribution in [1.29, 1.82) is 0 Å². The quantitative estimate of drug-likeness (QED) is 0.457. The van der Waals surface area contributed by atoms with E-state index in [1.807, 2.05) is 20.8 Å². The highest BCUT2D eigenvalue weighted by atomic mass is 16.5. The second-order valence-corrected chi connectivity index (χ2v) is 6.51. The van der Waals surface area contributed by atoms with Crippen molar-refractivity contribution < 1.29 is 19.1 Å². The van der Waals surface area contributed by atoms with Gasteiger partial charge in [0.2, 0.25) is 0 Å². The Labute approximate surface area is 131 Å². The molecule has 4 nitrogen and oxygen atoms in total. The lowest BCUT2D eigenvalue weighted by Crippen LogP contribution is -2.37. The number of aldehydes is 1. The van der Waals surface area contributed by atoms with Crippen LogP contribution in [0.1, 0.15) is 47.5 Å². The second-order valence-electron chi connectivity index (χ2n) is 6.51. The summed E-state index contributed by atoms with van der Waals surface area (Å²) < 4.78 is 5.89. The van der Waals surface area contributed by atoms with Crippen LogP contribution in [-0.4, -0.2) is 30.1 Å². The Morgan fingerprint density at radius 2 is 1.86 bits per heavy atom. The summed E-state index contributed by atoms with van der Waals surface area (Å²) in [6.45, 7) is 9.54. The van der Waals surface area contributed by atoms with Gasteiger partial charge in [-0.1, -0.05) is 12.5 Å². The van der Waals surface area contributed by atoms with Gasteiger partial charge in [0.1, 0.15) is 6.29 Å². The SMILES string of the molecule is CC(=O)C1=C(C=O)CC(C2=C(C)C(C)OC(C)C2C)CC1=O. The molecule has 0 radical (unpaired) electrons. The molecule has 0 fully saturated rings. The first-order valence-corrected chi connectivity index (χ1v) is 7.86. The van der Waals surface area contributed by atoms with Gasteiger partial charge in [0.15, 0.2) is 11.6 Å². The Hall–Kier alpha value is -1.55. The minimum atomic E-state index is -0.307. The van der Waals surface area contributed by atoms with Gasteiger partial charge < -0.3 is 4.74 Å². The van der Waals surface area contributed by atoms with Crippen LogP contribution in [0.4, 0.5) is 0 Å². The van der Waals surface area contributed by atoms with Crippen molar-refractivity contribution in [2.75, 3.05) is 0 Å². The highest BCUT2D eigenvalue weighted by Gasteiger charge is 2.38. The molecule has 0 N–H and O–H groups in total. The zero-order valence-corrected chi connectivity index (χ0v) is 13.9. The van der Waals surface area contributed by atoms with E-state index in [1.165, 1.54) is 12.5 Å². The molecule has 1 heterocycles. The molecular formula is C18H24O4. The average Bonchev–Trinajstić information content (AvgIpc) is 2.44. The van der Waals surface area contributed by atoms with Gasteiger partial charge in [-0.05, 0) is 45.6 Å². The highest BCUT2D eigenvalue weighted by Crippen LogP contribution is 2.41. The molecule has 4 unspecified atom stereocenters. The number of hydrogen-bond donors (Lipinski definition) is 0. The van der Waals surface area contributed by atoms with E-state index in [-0.39, 0.29) is 41.2 Å². The minimum absolute atomic E-state index is 0.000370. The van der Waals surface area contributed by atoms with Gasteiger partial charge in [0, 0.05) is 17.9 Å². The van der Waals surface area contributed by atoms with Crippen LogP contribution in [0, 0.1) is 11.8 Å². The van der Waals surface area contributed by atoms with Crippen molar-refractivity contribution in [2.45, 2.75) is 59.7 Å². The van der Waals surface area contributed by atoms with Crippen molar-refractivity contribution in [3.63, 3.8) is 0 Å². The lowest BCUT2D eigenvalue weighted by Gasteiger charge is -2.39. The van der Waals surface area contributed by atoms with Gasteiger partial charge in [-0.3, -0.25) is 14.4 Å². The normalized spacial score (nSPS) is 33.2.